The second kappa shape index (κ2) is 7.10. The molecule has 0 amide bonds. The summed E-state index contributed by atoms with van der Waals surface area (Å²) in [5, 5.41) is 3.59. The van der Waals surface area contributed by atoms with Crippen LogP contribution in [0.1, 0.15) is 35.2 Å². The van der Waals surface area contributed by atoms with Crippen LogP contribution in [0.4, 0.5) is 0 Å². The molecule has 21 heavy (non-hydrogen) atoms. The largest absolute Gasteiger partial charge is 0.497 e. The number of halogens is 1. The molecule has 1 N–H and O–H groups in total. The number of rotatable bonds is 5. The predicted molar refractivity (Wildman–Crippen MR) is 92.1 cm³/mol. The molecule has 0 saturated heterocycles. The fourth-order valence-electron chi connectivity index (χ4n) is 2.55. The van der Waals surface area contributed by atoms with Crippen LogP contribution in [0.15, 0.2) is 40.9 Å². The molecule has 2 aromatic carbocycles. The molecule has 0 aromatic heterocycles. The fraction of sp³-hybridized carbons (Fsp3) is 0.333. The van der Waals surface area contributed by atoms with Crippen molar-refractivity contribution in [2.75, 3.05) is 13.7 Å². The molecule has 2 aromatic rings. The van der Waals surface area contributed by atoms with Gasteiger partial charge in [0.2, 0.25) is 0 Å². The number of hydrogen-bond acceptors (Lipinski definition) is 2. The summed E-state index contributed by atoms with van der Waals surface area (Å²) in [6, 6.07) is 12.7. The van der Waals surface area contributed by atoms with Crippen molar-refractivity contribution in [2.45, 2.75) is 26.8 Å². The van der Waals surface area contributed by atoms with Crippen molar-refractivity contribution in [3.05, 3.63) is 63.1 Å². The molecule has 0 aliphatic rings. The van der Waals surface area contributed by atoms with Crippen LogP contribution in [0.3, 0.4) is 0 Å². The molecule has 3 heteroatoms. The van der Waals surface area contributed by atoms with Crippen LogP contribution in [0.25, 0.3) is 0 Å². The molecule has 1 atom stereocenters. The molecule has 2 nitrogen and oxygen atoms in total. The third kappa shape index (κ3) is 3.47. The van der Waals surface area contributed by atoms with E-state index in [4.69, 9.17) is 4.74 Å². The van der Waals surface area contributed by atoms with Crippen LogP contribution >= 0.6 is 15.9 Å². The molecule has 0 radical (unpaired) electrons. The van der Waals surface area contributed by atoms with Gasteiger partial charge >= 0.3 is 0 Å². The van der Waals surface area contributed by atoms with Gasteiger partial charge in [0.1, 0.15) is 5.75 Å². The lowest BCUT2D eigenvalue weighted by molar-refractivity contribution is 0.413. The van der Waals surface area contributed by atoms with Crippen LogP contribution in [0.2, 0.25) is 0 Å². The SMILES string of the molecule is CCNC(c1cc(OC)ccc1Br)c1cccc(C)c1C. The number of methoxy groups -OCH3 is 1. The van der Waals surface area contributed by atoms with Crippen molar-refractivity contribution in [1.29, 1.82) is 0 Å². The van der Waals surface area contributed by atoms with E-state index in [1.54, 1.807) is 7.11 Å². The molecule has 0 fully saturated rings. The molecule has 0 aliphatic heterocycles. The van der Waals surface area contributed by atoms with E-state index in [1.807, 2.05) is 12.1 Å². The average molecular weight is 348 g/mol. The third-order valence-corrected chi connectivity index (χ3v) is 4.60. The maximum Gasteiger partial charge on any atom is 0.119 e. The minimum atomic E-state index is 0.152. The van der Waals surface area contributed by atoms with E-state index in [9.17, 15) is 0 Å². The number of aryl methyl sites for hydroxylation is 1. The lowest BCUT2D eigenvalue weighted by Crippen LogP contribution is -2.23. The molecule has 0 saturated carbocycles. The molecule has 0 spiro atoms. The second-order valence-corrected chi connectivity index (χ2v) is 6.02. The Morgan fingerprint density at radius 3 is 2.57 bits per heavy atom. The summed E-state index contributed by atoms with van der Waals surface area (Å²) >= 11 is 3.68. The molecular weight excluding hydrogens is 326 g/mol. The molecule has 0 bridgehead atoms. The first-order valence-electron chi connectivity index (χ1n) is 7.21. The lowest BCUT2D eigenvalue weighted by Gasteiger charge is -2.23. The Hall–Kier alpha value is -1.32. The molecule has 2 rings (SSSR count). The Kier molecular flexibility index (Phi) is 5.43. The minimum Gasteiger partial charge on any atom is -0.497 e. The number of nitrogens with one attached hydrogen (secondary N) is 1. The third-order valence-electron chi connectivity index (χ3n) is 3.88. The van der Waals surface area contributed by atoms with Gasteiger partial charge in [-0.3, -0.25) is 0 Å². The van der Waals surface area contributed by atoms with Gasteiger partial charge in [-0.05, 0) is 60.8 Å². The van der Waals surface area contributed by atoms with Crippen molar-refractivity contribution < 1.29 is 4.74 Å². The van der Waals surface area contributed by atoms with E-state index in [2.05, 4.69) is 66.3 Å². The predicted octanol–water partition coefficient (Wildman–Crippen LogP) is 4.77. The molecular formula is C18H22BrNO. The van der Waals surface area contributed by atoms with Crippen LogP contribution in [0, 0.1) is 13.8 Å². The Morgan fingerprint density at radius 1 is 1.14 bits per heavy atom. The van der Waals surface area contributed by atoms with Crippen LogP contribution in [0.5, 0.6) is 5.75 Å². The van der Waals surface area contributed by atoms with Gasteiger partial charge in [-0.15, -0.1) is 0 Å². The van der Waals surface area contributed by atoms with Gasteiger partial charge in [0.05, 0.1) is 13.2 Å². The van der Waals surface area contributed by atoms with Crippen molar-refractivity contribution in [3.63, 3.8) is 0 Å². The van der Waals surface area contributed by atoms with Crippen LogP contribution in [-0.4, -0.2) is 13.7 Å². The van der Waals surface area contributed by atoms with E-state index >= 15 is 0 Å². The van der Waals surface area contributed by atoms with Gasteiger partial charge in [-0.2, -0.15) is 0 Å². The number of benzene rings is 2. The fourth-order valence-corrected chi connectivity index (χ4v) is 3.02. The summed E-state index contributed by atoms with van der Waals surface area (Å²) in [5.74, 6) is 0.876. The quantitative estimate of drug-likeness (QED) is 0.840. The highest BCUT2D eigenvalue weighted by atomic mass is 79.9. The molecule has 112 valence electrons. The molecule has 0 heterocycles. The van der Waals surface area contributed by atoms with Crippen molar-refractivity contribution in [2.24, 2.45) is 0 Å². The van der Waals surface area contributed by atoms with Crippen molar-refractivity contribution >= 4 is 15.9 Å². The summed E-state index contributed by atoms with van der Waals surface area (Å²) < 4.78 is 6.47. The van der Waals surface area contributed by atoms with Crippen molar-refractivity contribution in [1.82, 2.24) is 5.32 Å². The zero-order chi connectivity index (χ0) is 15.4. The lowest BCUT2D eigenvalue weighted by atomic mass is 9.92. The number of ether oxygens (including phenoxy) is 1. The first-order chi connectivity index (χ1) is 10.1. The maximum absolute atomic E-state index is 5.38. The average Bonchev–Trinajstić information content (AvgIpc) is 2.49. The summed E-state index contributed by atoms with van der Waals surface area (Å²) in [4.78, 5) is 0. The first kappa shape index (κ1) is 16.1. The summed E-state index contributed by atoms with van der Waals surface area (Å²) in [6.07, 6.45) is 0. The highest BCUT2D eigenvalue weighted by Crippen LogP contribution is 2.33. The van der Waals surface area contributed by atoms with Gasteiger partial charge in [-0.1, -0.05) is 41.1 Å². The van der Waals surface area contributed by atoms with E-state index in [-0.39, 0.29) is 6.04 Å². The molecule has 0 aliphatic carbocycles. The molecule has 1 unspecified atom stereocenters. The van der Waals surface area contributed by atoms with Gasteiger partial charge in [0.25, 0.3) is 0 Å². The van der Waals surface area contributed by atoms with Gasteiger partial charge in [0.15, 0.2) is 0 Å². The number of hydrogen-bond donors (Lipinski definition) is 1. The van der Waals surface area contributed by atoms with Gasteiger partial charge < -0.3 is 10.1 Å². The normalized spacial score (nSPS) is 12.2. The monoisotopic (exact) mass is 347 g/mol. The zero-order valence-corrected chi connectivity index (χ0v) is 14.6. The zero-order valence-electron chi connectivity index (χ0n) is 13.0. The maximum atomic E-state index is 5.38. The first-order valence-corrected chi connectivity index (χ1v) is 8.00. The Bertz CT molecular complexity index is 625. The van der Waals surface area contributed by atoms with E-state index in [0.717, 1.165) is 16.8 Å². The van der Waals surface area contributed by atoms with Crippen LogP contribution in [-0.2, 0) is 0 Å². The second-order valence-electron chi connectivity index (χ2n) is 5.17. The summed E-state index contributed by atoms with van der Waals surface area (Å²) in [6.45, 7) is 7.37. The van der Waals surface area contributed by atoms with E-state index < -0.39 is 0 Å². The van der Waals surface area contributed by atoms with E-state index in [0.29, 0.717) is 0 Å². The van der Waals surface area contributed by atoms with Crippen molar-refractivity contribution in [3.8, 4) is 5.75 Å². The summed E-state index contributed by atoms with van der Waals surface area (Å²) in [7, 11) is 1.70. The van der Waals surface area contributed by atoms with E-state index in [1.165, 1.54) is 22.3 Å². The van der Waals surface area contributed by atoms with Gasteiger partial charge in [-0.25, -0.2) is 0 Å². The minimum absolute atomic E-state index is 0.152. The Labute approximate surface area is 135 Å². The highest BCUT2D eigenvalue weighted by molar-refractivity contribution is 9.10. The topological polar surface area (TPSA) is 21.3 Å². The van der Waals surface area contributed by atoms with Gasteiger partial charge in [0, 0.05) is 4.47 Å². The Morgan fingerprint density at radius 2 is 1.90 bits per heavy atom. The smallest absolute Gasteiger partial charge is 0.119 e. The highest BCUT2D eigenvalue weighted by Gasteiger charge is 2.19. The standard InChI is InChI=1S/C18H22BrNO/c1-5-20-18(15-8-6-7-12(2)13(15)3)16-11-14(21-4)9-10-17(16)19/h6-11,18,20H,5H2,1-4H3. The Balaban J connectivity index is 2.55. The van der Waals surface area contributed by atoms with Crippen LogP contribution < -0.4 is 10.1 Å². The summed E-state index contributed by atoms with van der Waals surface area (Å²) in [5.41, 5.74) is 5.16.